The predicted octanol–water partition coefficient (Wildman–Crippen LogP) is 1.33. The van der Waals surface area contributed by atoms with Crippen LogP contribution in [0.4, 0.5) is 0 Å². The molecule has 4 rings (SSSR count). The molecule has 17 heavy (non-hydrogen) atoms. The molecule has 2 heterocycles. The number of hydrogen-bond acceptors (Lipinski definition) is 4. The fraction of sp³-hybridized carbons (Fsp3) is 1.00. The molecule has 2 saturated heterocycles. The largest absolute Gasteiger partial charge is 0.372 e. The highest BCUT2D eigenvalue weighted by molar-refractivity contribution is 5.25. The van der Waals surface area contributed by atoms with E-state index in [-0.39, 0.29) is 5.60 Å². The Balaban J connectivity index is 1.74. The van der Waals surface area contributed by atoms with Crippen molar-refractivity contribution in [2.75, 3.05) is 20.3 Å². The van der Waals surface area contributed by atoms with Crippen molar-refractivity contribution in [3.8, 4) is 0 Å². The zero-order chi connectivity index (χ0) is 11.7. The van der Waals surface area contributed by atoms with Crippen molar-refractivity contribution in [3.05, 3.63) is 0 Å². The first-order valence-corrected chi connectivity index (χ1v) is 6.77. The molecule has 2 saturated carbocycles. The Morgan fingerprint density at radius 3 is 2.71 bits per heavy atom. The van der Waals surface area contributed by atoms with Gasteiger partial charge < -0.3 is 18.9 Å². The molecular weight excluding hydrogens is 220 g/mol. The van der Waals surface area contributed by atoms with Crippen LogP contribution >= 0.6 is 0 Å². The molecule has 4 fully saturated rings. The minimum absolute atomic E-state index is 0.248. The second-order valence-corrected chi connectivity index (χ2v) is 5.68. The molecule has 2 aliphatic heterocycles. The summed E-state index contributed by atoms with van der Waals surface area (Å²) in [6.07, 6.45) is 4.04. The Hall–Kier alpha value is -0.160. The van der Waals surface area contributed by atoms with Gasteiger partial charge in [0, 0.05) is 18.9 Å². The van der Waals surface area contributed by atoms with E-state index >= 15 is 0 Å². The quantitative estimate of drug-likeness (QED) is 0.683. The maximum Gasteiger partial charge on any atom is 0.201 e. The number of hydrogen-bond donors (Lipinski definition) is 0. The normalized spacial score (nSPS) is 54.0. The van der Waals surface area contributed by atoms with Gasteiger partial charge >= 0.3 is 0 Å². The Morgan fingerprint density at radius 1 is 1.29 bits per heavy atom. The molecular formula is C13H20O4. The van der Waals surface area contributed by atoms with Crippen LogP contribution < -0.4 is 0 Å². The molecule has 2 aliphatic carbocycles. The molecule has 0 aromatic rings. The zero-order valence-corrected chi connectivity index (χ0v) is 10.5. The van der Waals surface area contributed by atoms with Gasteiger partial charge in [0.2, 0.25) is 5.79 Å². The number of fused-ring (bicyclic) bond motifs is 4. The summed E-state index contributed by atoms with van der Waals surface area (Å²) in [5, 5.41) is 0. The van der Waals surface area contributed by atoms with Crippen molar-refractivity contribution in [2.45, 2.75) is 49.8 Å². The minimum atomic E-state index is -0.474. The minimum Gasteiger partial charge on any atom is -0.372 e. The van der Waals surface area contributed by atoms with Crippen LogP contribution in [0.1, 0.15) is 26.2 Å². The van der Waals surface area contributed by atoms with Gasteiger partial charge in [0.15, 0.2) is 0 Å². The molecule has 4 heteroatoms. The standard InChI is InChI=1S/C13H20O4/c1-3-8-10-11-9(17-11)4-5-12(10,14-2)13(8)15-6-7-16-13/h8-11H,3-7H2,1-2H3. The molecule has 0 bridgehead atoms. The molecule has 1 spiro atoms. The van der Waals surface area contributed by atoms with Gasteiger partial charge in [0.05, 0.1) is 25.4 Å². The van der Waals surface area contributed by atoms with Crippen LogP contribution in [0.2, 0.25) is 0 Å². The zero-order valence-electron chi connectivity index (χ0n) is 10.5. The second kappa shape index (κ2) is 3.23. The highest BCUT2D eigenvalue weighted by atomic mass is 16.8. The predicted molar refractivity (Wildman–Crippen MR) is 59.5 cm³/mol. The van der Waals surface area contributed by atoms with E-state index in [0.717, 1.165) is 19.3 Å². The van der Waals surface area contributed by atoms with Gasteiger partial charge in [-0.3, -0.25) is 0 Å². The van der Waals surface area contributed by atoms with Gasteiger partial charge in [-0.05, 0) is 19.3 Å². The number of ether oxygens (including phenoxy) is 4. The Kier molecular flexibility index (Phi) is 2.04. The van der Waals surface area contributed by atoms with Crippen LogP contribution in [0.15, 0.2) is 0 Å². The summed E-state index contributed by atoms with van der Waals surface area (Å²) in [5.41, 5.74) is -0.248. The van der Waals surface area contributed by atoms with E-state index in [9.17, 15) is 0 Å². The van der Waals surface area contributed by atoms with Crippen molar-refractivity contribution in [1.29, 1.82) is 0 Å². The van der Waals surface area contributed by atoms with Gasteiger partial charge in [-0.15, -0.1) is 0 Å². The molecule has 0 N–H and O–H groups in total. The van der Waals surface area contributed by atoms with Crippen LogP contribution in [-0.4, -0.2) is 43.9 Å². The van der Waals surface area contributed by atoms with Gasteiger partial charge in [0.25, 0.3) is 0 Å². The van der Waals surface area contributed by atoms with Crippen LogP contribution in [-0.2, 0) is 18.9 Å². The van der Waals surface area contributed by atoms with Crippen molar-refractivity contribution >= 4 is 0 Å². The van der Waals surface area contributed by atoms with Crippen molar-refractivity contribution in [2.24, 2.45) is 11.8 Å². The fourth-order valence-electron chi connectivity index (χ4n) is 4.70. The Bertz CT molecular complexity index is 338. The first kappa shape index (κ1) is 10.7. The third-order valence-electron chi connectivity index (χ3n) is 5.35. The Morgan fingerprint density at radius 2 is 2.06 bits per heavy atom. The highest BCUT2D eigenvalue weighted by Gasteiger charge is 2.81. The van der Waals surface area contributed by atoms with E-state index in [4.69, 9.17) is 18.9 Å². The van der Waals surface area contributed by atoms with E-state index in [2.05, 4.69) is 6.92 Å². The fourth-order valence-corrected chi connectivity index (χ4v) is 4.70. The van der Waals surface area contributed by atoms with E-state index in [1.165, 1.54) is 0 Å². The maximum absolute atomic E-state index is 6.01. The molecule has 4 aliphatic rings. The van der Waals surface area contributed by atoms with Gasteiger partial charge in [-0.25, -0.2) is 0 Å². The Labute approximate surface area is 102 Å². The van der Waals surface area contributed by atoms with Crippen LogP contribution in [0.3, 0.4) is 0 Å². The molecule has 5 atom stereocenters. The first-order chi connectivity index (χ1) is 8.29. The average Bonchev–Trinajstić information content (AvgIpc) is 2.92. The molecule has 96 valence electrons. The summed E-state index contributed by atoms with van der Waals surface area (Å²) in [7, 11) is 1.80. The highest BCUT2D eigenvalue weighted by Crippen LogP contribution is 2.68. The smallest absolute Gasteiger partial charge is 0.201 e. The molecule has 0 amide bonds. The van der Waals surface area contributed by atoms with Crippen LogP contribution in [0.25, 0.3) is 0 Å². The summed E-state index contributed by atoms with van der Waals surface area (Å²) >= 11 is 0. The van der Waals surface area contributed by atoms with E-state index < -0.39 is 5.79 Å². The van der Waals surface area contributed by atoms with E-state index in [0.29, 0.717) is 37.3 Å². The lowest BCUT2D eigenvalue weighted by molar-refractivity contribution is -0.405. The summed E-state index contributed by atoms with van der Waals surface area (Å²) in [6.45, 7) is 3.61. The molecule has 0 aromatic carbocycles. The third kappa shape index (κ3) is 1.01. The monoisotopic (exact) mass is 240 g/mol. The van der Waals surface area contributed by atoms with E-state index in [1.807, 2.05) is 0 Å². The molecule has 5 unspecified atom stereocenters. The van der Waals surface area contributed by atoms with Crippen molar-refractivity contribution in [3.63, 3.8) is 0 Å². The topological polar surface area (TPSA) is 40.2 Å². The summed E-state index contributed by atoms with van der Waals surface area (Å²) < 4.78 is 23.7. The summed E-state index contributed by atoms with van der Waals surface area (Å²) in [6, 6.07) is 0. The maximum atomic E-state index is 6.01. The van der Waals surface area contributed by atoms with Crippen LogP contribution in [0.5, 0.6) is 0 Å². The SMILES string of the molecule is CCC1C2C3OC3CCC2(OC)C12OCCO2. The van der Waals surface area contributed by atoms with Gasteiger partial charge in [-0.1, -0.05) is 6.92 Å². The van der Waals surface area contributed by atoms with Gasteiger partial charge in [0.1, 0.15) is 5.60 Å². The molecule has 0 radical (unpaired) electrons. The third-order valence-corrected chi connectivity index (χ3v) is 5.35. The molecule has 4 nitrogen and oxygen atoms in total. The van der Waals surface area contributed by atoms with Crippen molar-refractivity contribution in [1.82, 2.24) is 0 Å². The number of epoxide rings is 1. The molecule has 0 aromatic heterocycles. The second-order valence-electron chi connectivity index (χ2n) is 5.68. The van der Waals surface area contributed by atoms with E-state index in [1.54, 1.807) is 7.11 Å². The van der Waals surface area contributed by atoms with Crippen LogP contribution in [0, 0.1) is 11.8 Å². The summed E-state index contributed by atoms with van der Waals surface area (Å²) in [5.74, 6) is 0.424. The number of rotatable bonds is 2. The van der Waals surface area contributed by atoms with Gasteiger partial charge in [-0.2, -0.15) is 0 Å². The lowest BCUT2D eigenvalue weighted by Crippen LogP contribution is -2.79. The van der Waals surface area contributed by atoms with Crippen molar-refractivity contribution < 1.29 is 18.9 Å². The first-order valence-electron chi connectivity index (χ1n) is 6.77. The average molecular weight is 240 g/mol. The summed E-state index contributed by atoms with van der Waals surface area (Å²) in [4.78, 5) is 0. The lowest BCUT2D eigenvalue weighted by Gasteiger charge is -2.65. The lowest BCUT2D eigenvalue weighted by atomic mass is 9.50. The number of methoxy groups -OCH3 is 1.